The number of ether oxygens (including phenoxy) is 1. The van der Waals surface area contributed by atoms with Gasteiger partial charge in [0.25, 0.3) is 0 Å². The third-order valence-electron chi connectivity index (χ3n) is 4.73. The van der Waals surface area contributed by atoms with Crippen molar-refractivity contribution in [1.82, 2.24) is 0 Å². The lowest BCUT2D eigenvalue weighted by Crippen LogP contribution is -2.20. The lowest BCUT2D eigenvalue weighted by Gasteiger charge is -2.28. The second-order valence-electron chi connectivity index (χ2n) is 9.61. The Hall–Kier alpha value is -1.02. The molecular weight excluding hydrogens is 308 g/mol. The van der Waals surface area contributed by atoms with E-state index >= 15 is 0 Å². The topological polar surface area (TPSA) is 29.5 Å². The second kappa shape index (κ2) is 9.07. The molecule has 25 heavy (non-hydrogen) atoms. The van der Waals surface area contributed by atoms with Crippen LogP contribution in [-0.2, 0) is 22.0 Å². The Morgan fingerprint density at radius 3 is 1.44 bits per heavy atom. The van der Waals surface area contributed by atoms with E-state index in [0.29, 0.717) is 5.75 Å². The fourth-order valence-electron chi connectivity index (χ4n) is 2.42. The number of benzene rings is 1. The average molecular weight is 351 g/mol. The zero-order chi connectivity index (χ0) is 20.1. The van der Waals surface area contributed by atoms with Crippen LogP contribution in [0.5, 0.6) is 5.75 Å². The van der Waals surface area contributed by atoms with Crippen molar-refractivity contribution in [2.24, 2.45) is 0 Å². The van der Waals surface area contributed by atoms with Crippen LogP contribution in [0.3, 0.4) is 0 Å². The molecule has 2 nitrogen and oxygen atoms in total. The first kappa shape index (κ1) is 24.0. The van der Waals surface area contributed by atoms with Crippen LogP contribution in [0.15, 0.2) is 12.1 Å². The third kappa shape index (κ3) is 7.81. The minimum Gasteiger partial charge on any atom is -0.507 e. The molecule has 0 bridgehead atoms. The largest absolute Gasteiger partial charge is 0.507 e. The van der Waals surface area contributed by atoms with Crippen LogP contribution in [0.25, 0.3) is 0 Å². The summed E-state index contributed by atoms with van der Waals surface area (Å²) in [5.74, 6) is 0.481. The molecular formula is C23H42O2. The van der Waals surface area contributed by atoms with Crippen molar-refractivity contribution >= 4 is 0 Å². The first-order valence-electron chi connectivity index (χ1n) is 9.61. The third-order valence-corrected chi connectivity index (χ3v) is 4.73. The number of hydrogen-bond donors (Lipinski definition) is 1. The van der Waals surface area contributed by atoms with E-state index in [1.807, 2.05) is 0 Å². The molecule has 0 aromatic heterocycles. The fraction of sp³-hybridized carbons (Fsp3) is 0.739. The number of hydrogen-bond acceptors (Lipinski definition) is 2. The molecule has 0 aliphatic heterocycles. The van der Waals surface area contributed by atoms with Gasteiger partial charge in [-0.25, -0.2) is 0 Å². The van der Waals surface area contributed by atoms with Gasteiger partial charge in [0.15, 0.2) is 0 Å². The first-order chi connectivity index (χ1) is 11.2. The molecule has 0 heterocycles. The van der Waals surface area contributed by atoms with Crippen molar-refractivity contribution in [3.63, 3.8) is 0 Å². The number of phenols is 1. The number of rotatable bonds is 4. The van der Waals surface area contributed by atoms with E-state index in [-0.39, 0.29) is 16.4 Å². The first-order valence-corrected chi connectivity index (χ1v) is 9.61. The molecule has 0 aliphatic rings. The predicted octanol–water partition coefficient (Wildman–Crippen LogP) is 6.76. The van der Waals surface area contributed by atoms with Crippen LogP contribution >= 0.6 is 0 Å². The molecule has 2 heteroatoms. The SMILES string of the molecule is CCC(C)(C)OC.CCCc1cc(C(C)(C)C)c(O)c(C(C)(C)C)c1. The van der Waals surface area contributed by atoms with Gasteiger partial charge in [0.1, 0.15) is 5.75 Å². The summed E-state index contributed by atoms with van der Waals surface area (Å²) in [4.78, 5) is 0. The van der Waals surface area contributed by atoms with Gasteiger partial charge in [0.05, 0.1) is 5.60 Å². The summed E-state index contributed by atoms with van der Waals surface area (Å²) < 4.78 is 5.09. The van der Waals surface area contributed by atoms with E-state index in [2.05, 4.69) is 81.4 Å². The van der Waals surface area contributed by atoms with Gasteiger partial charge >= 0.3 is 0 Å². The maximum Gasteiger partial charge on any atom is 0.123 e. The molecule has 0 amide bonds. The Morgan fingerprint density at radius 1 is 0.840 bits per heavy atom. The second-order valence-corrected chi connectivity index (χ2v) is 9.61. The molecule has 0 saturated carbocycles. The molecule has 1 aromatic carbocycles. The lowest BCUT2D eigenvalue weighted by molar-refractivity contribution is 0.0196. The molecule has 1 aromatic rings. The zero-order valence-electron chi connectivity index (χ0n) is 18.6. The van der Waals surface area contributed by atoms with Gasteiger partial charge in [-0.1, -0.05) is 73.9 Å². The van der Waals surface area contributed by atoms with E-state index in [1.54, 1.807) is 7.11 Å². The number of methoxy groups -OCH3 is 1. The van der Waals surface area contributed by atoms with Crippen molar-refractivity contribution in [3.05, 3.63) is 28.8 Å². The molecule has 1 rings (SSSR count). The highest BCUT2D eigenvalue weighted by Gasteiger charge is 2.26. The Bertz CT molecular complexity index is 487. The van der Waals surface area contributed by atoms with Gasteiger partial charge in [-0.05, 0) is 54.2 Å². The van der Waals surface area contributed by atoms with Crippen LogP contribution in [0.1, 0.15) is 98.8 Å². The highest BCUT2D eigenvalue weighted by Crippen LogP contribution is 2.39. The number of aryl methyl sites for hydroxylation is 1. The molecule has 0 radical (unpaired) electrons. The Balaban J connectivity index is 0.000000697. The van der Waals surface area contributed by atoms with E-state index in [1.165, 1.54) is 5.56 Å². The number of phenolic OH excluding ortho intramolecular Hbond substituents is 1. The molecule has 1 N–H and O–H groups in total. The Morgan fingerprint density at radius 2 is 1.24 bits per heavy atom. The van der Waals surface area contributed by atoms with Crippen LogP contribution < -0.4 is 0 Å². The monoisotopic (exact) mass is 350 g/mol. The quantitative estimate of drug-likeness (QED) is 0.650. The van der Waals surface area contributed by atoms with E-state index in [9.17, 15) is 5.11 Å². The molecule has 0 atom stereocenters. The van der Waals surface area contributed by atoms with Crippen molar-refractivity contribution in [2.75, 3.05) is 7.11 Å². The van der Waals surface area contributed by atoms with Crippen LogP contribution in [-0.4, -0.2) is 17.8 Å². The smallest absolute Gasteiger partial charge is 0.123 e. The molecule has 0 spiro atoms. The minimum absolute atomic E-state index is 0.0200. The van der Waals surface area contributed by atoms with Crippen LogP contribution in [0, 0.1) is 0 Å². The summed E-state index contributed by atoms with van der Waals surface area (Å²) in [7, 11) is 1.74. The summed E-state index contributed by atoms with van der Waals surface area (Å²) in [5.41, 5.74) is 3.52. The lowest BCUT2D eigenvalue weighted by atomic mass is 9.78. The van der Waals surface area contributed by atoms with Crippen molar-refractivity contribution in [3.8, 4) is 5.75 Å². The molecule has 0 saturated heterocycles. The summed E-state index contributed by atoms with van der Waals surface area (Å²) in [6, 6.07) is 4.35. The van der Waals surface area contributed by atoms with E-state index in [4.69, 9.17) is 4.74 Å². The van der Waals surface area contributed by atoms with Crippen LogP contribution in [0.2, 0.25) is 0 Å². The van der Waals surface area contributed by atoms with Crippen molar-refractivity contribution in [2.45, 2.75) is 105 Å². The highest BCUT2D eigenvalue weighted by molar-refractivity contribution is 5.49. The van der Waals surface area contributed by atoms with Crippen molar-refractivity contribution in [1.29, 1.82) is 0 Å². The summed E-state index contributed by atoms with van der Waals surface area (Å²) in [5, 5.41) is 10.6. The van der Waals surface area contributed by atoms with E-state index < -0.39 is 0 Å². The maximum absolute atomic E-state index is 10.6. The predicted molar refractivity (Wildman–Crippen MR) is 111 cm³/mol. The van der Waals surface area contributed by atoms with Gasteiger partial charge in [-0.15, -0.1) is 0 Å². The molecule has 0 fully saturated rings. The Kier molecular flexibility index (Phi) is 8.70. The maximum atomic E-state index is 10.6. The Labute approximate surface area is 157 Å². The van der Waals surface area contributed by atoms with Gasteiger partial charge in [-0.3, -0.25) is 0 Å². The van der Waals surface area contributed by atoms with Gasteiger partial charge in [0.2, 0.25) is 0 Å². The van der Waals surface area contributed by atoms with Crippen LogP contribution in [0.4, 0.5) is 0 Å². The van der Waals surface area contributed by atoms with Crippen molar-refractivity contribution < 1.29 is 9.84 Å². The fourth-order valence-corrected chi connectivity index (χ4v) is 2.42. The van der Waals surface area contributed by atoms with Gasteiger partial charge in [-0.2, -0.15) is 0 Å². The molecule has 146 valence electrons. The summed E-state index contributed by atoms with van der Waals surface area (Å²) >= 11 is 0. The number of aromatic hydroxyl groups is 1. The molecule has 0 unspecified atom stereocenters. The van der Waals surface area contributed by atoms with Gasteiger partial charge in [0, 0.05) is 7.11 Å². The van der Waals surface area contributed by atoms with Gasteiger partial charge < -0.3 is 9.84 Å². The van der Waals surface area contributed by atoms with E-state index in [0.717, 1.165) is 30.4 Å². The minimum atomic E-state index is -0.0200. The zero-order valence-corrected chi connectivity index (χ0v) is 18.6. The normalized spacial score (nSPS) is 12.6. The average Bonchev–Trinajstić information content (AvgIpc) is 2.47. The summed E-state index contributed by atoms with van der Waals surface area (Å²) in [6.45, 7) is 21.4. The molecule has 0 aliphatic carbocycles. The highest BCUT2D eigenvalue weighted by atomic mass is 16.5. The summed E-state index contributed by atoms with van der Waals surface area (Å²) in [6.07, 6.45) is 3.29. The standard InChI is InChI=1S/C17H28O.C6H14O/c1-8-9-12-10-13(16(2,3)4)15(18)14(11-12)17(5,6)7;1-5-6(2,3)7-4/h10-11,18H,8-9H2,1-7H3;5H2,1-4H3.